The number of esters is 1. The Morgan fingerprint density at radius 1 is 1.07 bits per heavy atom. The van der Waals surface area contributed by atoms with Crippen LogP contribution in [0.5, 0.6) is 0 Å². The molecule has 1 aliphatic rings. The topological polar surface area (TPSA) is 77.5 Å². The van der Waals surface area contributed by atoms with Crippen LogP contribution >= 0.6 is 11.6 Å². The van der Waals surface area contributed by atoms with E-state index in [1.54, 1.807) is 6.07 Å². The van der Waals surface area contributed by atoms with Crippen molar-refractivity contribution < 1.29 is 22.7 Å². The summed E-state index contributed by atoms with van der Waals surface area (Å²) in [5.74, 6) is -1.15. The molecule has 7 heteroatoms. The molecule has 0 saturated heterocycles. The summed E-state index contributed by atoms with van der Waals surface area (Å²) in [6.07, 6.45) is 3.05. The van der Waals surface area contributed by atoms with Crippen molar-refractivity contribution in [2.45, 2.75) is 37.2 Å². The second kappa shape index (κ2) is 7.44. The van der Waals surface area contributed by atoms with Crippen LogP contribution in [-0.2, 0) is 27.4 Å². The number of benzene rings is 2. The van der Waals surface area contributed by atoms with Gasteiger partial charge in [0.25, 0.3) is 0 Å². The van der Waals surface area contributed by atoms with Crippen LogP contribution in [0.1, 0.15) is 45.2 Å². The van der Waals surface area contributed by atoms with Gasteiger partial charge in [-0.05, 0) is 61.6 Å². The smallest absolute Gasteiger partial charge is 0.340 e. The number of ether oxygens (including phenoxy) is 1. The predicted molar refractivity (Wildman–Crippen MR) is 102 cm³/mol. The fourth-order valence-electron chi connectivity index (χ4n) is 3.13. The second-order valence-electron chi connectivity index (χ2n) is 6.66. The number of fused-ring (bicyclic) bond motifs is 1. The third-order valence-corrected chi connectivity index (χ3v) is 6.06. The summed E-state index contributed by atoms with van der Waals surface area (Å²) in [6.45, 7) is 1.49. The first-order valence-electron chi connectivity index (χ1n) is 8.53. The number of Topliss-reactive ketones (excluding diaryl/α,β-unsaturated/α-hetero) is 1. The van der Waals surface area contributed by atoms with E-state index in [0.29, 0.717) is 5.56 Å². The number of ketones is 1. The maximum absolute atomic E-state index is 12.6. The maximum Gasteiger partial charge on any atom is 0.340 e. The van der Waals surface area contributed by atoms with E-state index in [4.69, 9.17) is 16.3 Å². The number of hydrogen-bond donors (Lipinski definition) is 0. The molecular formula is C20H19ClO5S. The lowest BCUT2D eigenvalue weighted by atomic mass is 10.0. The molecule has 0 aromatic heterocycles. The first-order chi connectivity index (χ1) is 12.7. The Labute approximate surface area is 163 Å². The van der Waals surface area contributed by atoms with Crippen molar-refractivity contribution in [1.82, 2.24) is 0 Å². The number of carbonyl (C=O) groups excluding carboxylic acids is 2. The largest absolute Gasteiger partial charge is 0.451 e. The molecule has 27 heavy (non-hydrogen) atoms. The van der Waals surface area contributed by atoms with Gasteiger partial charge in [-0.25, -0.2) is 13.2 Å². The van der Waals surface area contributed by atoms with Crippen LogP contribution in [0, 0.1) is 0 Å². The second-order valence-corrected chi connectivity index (χ2v) is 9.09. The van der Waals surface area contributed by atoms with E-state index in [9.17, 15) is 18.0 Å². The van der Waals surface area contributed by atoms with Gasteiger partial charge in [0.2, 0.25) is 5.78 Å². The van der Waals surface area contributed by atoms with E-state index in [1.807, 2.05) is 12.1 Å². The lowest BCUT2D eigenvalue weighted by Gasteiger charge is -2.14. The summed E-state index contributed by atoms with van der Waals surface area (Å²) in [6, 6.07) is 9.33. The lowest BCUT2D eigenvalue weighted by molar-refractivity contribution is 0.0318. The minimum atomic E-state index is -3.50. The van der Waals surface area contributed by atoms with Crippen LogP contribution in [0.2, 0.25) is 5.02 Å². The fourth-order valence-corrected chi connectivity index (χ4v) is 3.97. The summed E-state index contributed by atoms with van der Waals surface area (Å²) in [5.41, 5.74) is 2.81. The van der Waals surface area contributed by atoms with E-state index in [1.165, 1.54) is 24.6 Å². The summed E-state index contributed by atoms with van der Waals surface area (Å²) >= 11 is 6.00. The van der Waals surface area contributed by atoms with Gasteiger partial charge in [-0.1, -0.05) is 23.7 Å². The van der Waals surface area contributed by atoms with Crippen LogP contribution in [0.4, 0.5) is 0 Å². The van der Waals surface area contributed by atoms with Gasteiger partial charge in [0.1, 0.15) is 0 Å². The summed E-state index contributed by atoms with van der Waals surface area (Å²) in [7, 11) is -3.50. The Hall–Kier alpha value is -2.18. The van der Waals surface area contributed by atoms with Crippen molar-refractivity contribution in [3.63, 3.8) is 0 Å². The molecule has 5 nitrogen and oxygen atoms in total. The number of carbonyl (C=O) groups is 2. The van der Waals surface area contributed by atoms with E-state index in [2.05, 4.69) is 0 Å². The SMILES string of the molecule is CC(OC(=O)c1cc(S(C)(=O)=O)ccc1Cl)C(=O)c1ccc2c(c1)CCC2. The molecule has 1 atom stereocenters. The van der Waals surface area contributed by atoms with Gasteiger partial charge < -0.3 is 4.74 Å². The Balaban J connectivity index is 1.78. The molecule has 3 rings (SSSR count). The molecule has 0 fully saturated rings. The van der Waals surface area contributed by atoms with Gasteiger partial charge in [0, 0.05) is 11.8 Å². The molecule has 0 radical (unpaired) electrons. The standard InChI is InChI=1S/C20H19ClO5S/c1-12(19(22)15-7-6-13-4-3-5-14(13)10-15)26-20(23)17-11-16(27(2,24)25)8-9-18(17)21/h6-12H,3-5H2,1-2H3. The highest BCUT2D eigenvalue weighted by molar-refractivity contribution is 7.90. The number of halogens is 1. The summed E-state index contributed by atoms with van der Waals surface area (Å²) < 4.78 is 28.6. The van der Waals surface area contributed by atoms with E-state index >= 15 is 0 Å². The van der Waals surface area contributed by atoms with Crippen molar-refractivity contribution in [3.8, 4) is 0 Å². The van der Waals surface area contributed by atoms with E-state index in [0.717, 1.165) is 37.1 Å². The number of hydrogen-bond acceptors (Lipinski definition) is 5. The lowest BCUT2D eigenvalue weighted by Crippen LogP contribution is -2.25. The highest BCUT2D eigenvalue weighted by atomic mass is 35.5. The van der Waals surface area contributed by atoms with Crippen molar-refractivity contribution in [1.29, 1.82) is 0 Å². The van der Waals surface area contributed by atoms with Crippen LogP contribution in [0.25, 0.3) is 0 Å². The van der Waals surface area contributed by atoms with Crippen LogP contribution < -0.4 is 0 Å². The minimum Gasteiger partial charge on any atom is -0.451 e. The highest BCUT2D eigenvalue weighted by Gasteiger charge is 2.24. The van der Waals surface area contributed by atoms with Crippen molar-refractivity contribution in [2.24, 2.45) is 0 Å². The minimum absolute atomic E-state index is 0.0450. The van der Waals surface area contributed by atoms with Crippen LogP contribution in [0.3, 0.4) is 0 Å². The monoisotopic (exact) mass is 406 g/mol. The molecule has 0 heterocycles. The van der Waals surface area contributed by atoms with E-state index in [-0.39, 0.29) is 21.3 Å². The normalized spacial score (nSPS) is 14.5. The maximum atomic E-state index is 12.6. The summed E-state index contributed by atoms with van der Waals surface area (Å²) in [5, 5.41) is 0.0598. The molecule has 2 aromatic carbocycles. The van der Waals surface area contributed by atoms with Crippen LogP contribution in [-0.4, -0.2) is 32.5 Å². The number of sulfone groups is 1. The molecule has 0 aliphatic heterocycles. The number of rotatable bonds is 5. The summed E-state index contributed by atoms with van der Waals surface area (Å²) in [4.78, 5) is 25.0. The molecule has 1 unspecified atom stereocenters. The molecule has 0 spiro atoms. The van der Waals surface area contributed by atoms with Gasteiger partial charge in [0.15, 0.2) is 15.9 Å². The third-order valence-electron chi connectivity index (χ3n) is 4.62. The van der Waals surface area contributed by atoms with Gasteiger partial charge in [-0.3, -0.25) is 4.79 Å². The average Bonchev–Trinajstić information content (AvgIpc) is 3.07. The number of aryl methyl sites for hydroxylation is 2. The van der Waals surface area contributed by atoms with Gasteiger partial charge in [-0.15, -0.1) is 0 Å². The zero-order valence-electron chi connectivity index (χ0n) is 15.0. The quantitative estimate of drug-likeness (QED) is 0.559. The van der Waals surface area contributed by atoms with Crippen molar-refractivity contribution in [3.05, 3.63) is 63.7 Å². The molecule has 1 aliphatic carbocycles. The van der Waals surface area contributed by atoms with E-state index < -0.39 is 21.9 Å². The van der Waals surface area contributed by atoms with Gasteiger partial charge >= 0.3 is 5.97 Å². The molecule has 142 valence electrons. The third kappa shape index (κ3) is 4.22. The van der Waals surface area contributed by atoms with Crippen molar-refractivity contribution >= 4 is 33.2 Å². The van der Waals surface area contributed by atoms with Gasteiger partial charge in [0.05, 0.1) is 15.5 Å². The first kappa shape index (κ1) is 19.6. The fraction of sp³-hybridized carbons (Fsp3) is 0.300. The van der Waals surface area contributed by atoms with Crippen LogP contribution in [0.15, 0.2) is 41.3 Å². The molecule has 2 aromatic rings. The molecular weight excluding hydrogens is 388 g/mol. The molecule has 0 amide bonds. The zero-order chi connectivity index (χ0) is 19.8. The Morgan fingerprint density at radius 3 is 2.48 bits per heavy atom. The Kier molecular flexibility index (Phi) is 5.40. The Bertz CT molecular complexity index is 1030. The highest BCUT2D eigenvalue weighted by Crippen LogP contribution is 2.25. The average molecular weight is 407 g/mol. The molecule has 0 bridgehead atoms. The molecule has 0 saturated carbocycles. The van der Waals surface area contributed by atoms with Gasteiger partial charge in [-0.2, -0.15) is 0 Å². The molecule has 0 N–H and O–H groups in total. The zero-order valence-corrected chi connectivity index (χ0v) is 16.6. The Morgan fingerprint density at radius 2 is 1.78 bits per heavy atom. The first-order valence-corrected chi connectivity index (χ1v) is 10.8. The van der Waals surface area contributed by atoms with Crippen molar-refractivity contribution in [2.75, 3.05) is 6.26 Å². The predicted octanol–water partition coefficient (Wildman–Crippen LogP) is 3.66.